The van der Waals surface area contributed by atoms with Crippen LogP contribution in [0.1, 0.15) is 47.0 Å². The minimum Gasteiger partial charge on any atom is -0.478 e. The first-order chi connectivity index (χ1) is 11.1. The zero-order valence-corrected chi connectivity index (χ0v) is 17.1. The van der Waals surface area contributed by atoms with Gasteiger partial charge in [-0.2, -0.15) is 0 Å². The molecule has 0 saturated heterocycles. The lowest BCUT2D eigenvalue weighted by molar-refractivity contribution is -0.131. The summed E-state index contributed by atoms with van der Waals surface area (Å²) in [7, 11) is -1.70. The van der Waals surface area contributed by atoms with Crippen LogP contribution in [0.3, 0.4) is 0 Å². The summed E-state index contributed by atoms with van der Waals surface area (Å²) in [6.45, 7) is 13.4. The van der Waals surface area contributed by atoms with E-state index >= 15 is 0 Å². The molecule has 0 fully saturated rings. The van der Waals surface area contributed by atoms with Crippen molar-refractivity contribution >= 4 is 14.3 Å². The lowest BCUT2D eigenvalue weighted by atomic mass is 10.2. The Morgan fingerprint density at radius 1 is 1.08 bits per heavy atom. The lowest BCUT2D eigenvalue weighted by Gasteiger charge is -2.37. The average molecular weight is 351 g/mol. The van der Waals surface area contributed by atoms with Crippen LogP contribution in [0.25, 0.3) is 0 Å². The summed E-state index contributed by atoms with van der Waals surface area (Å²) < 4.78 is 6.26. The third-order valence-corrected chi connectivity index (χ3v) is 8.72. The van der Waals surface area contributed by atoms with Gasteiger partial charge in [-0.1, -0.05) is 63.3 Å². The second-order valence-corrected chi connectivity index (χ2v) is 12.2. The maximum Gasteiger partial charge on any atom is 0.328 e. The summed E-state index contributed by atoms with van der Waals surface area (Å²) in [6, 6.07) is 0. The van der Waals surface area contributed by atoms with Gasteiger partial charge >= 0.3 is 5.97 Å². The van der Waals surface area contributed by atoms with E-state index in [9.17, 15) is 4.79 Å². The van der Waals surface area contributed by atoms with Crippen LogP contribution in [0.4, 0.5) is 0 Å². The molecular formula is C20H34O3Si. The second kappa shape index (κ2) is 11.2. The molecule has 136 valence electrons. The predicted molar refractivity (Wildman–Crippen MR) is 106 cm³/mol. The van der Waals surface area contributed by atoms with E-state index < -0.39 is 14.3 Å². The third-order valence-electron chi connectivity index (χ3n) is 4.14. The third kappa shape index (κ3) is 11.2. The lowest BCUT2D eigenvalue weighted by Crippen LogP contribution is -2.42. The molecule has 0 saturated carbocycles. The van der Waals surface area contributed by atoms with Gasteiger partial charge in [-0.15, -0.1) is 0 Å². The highest BCUT2D eigenvalue weighted by Crippen LogP contribution is 2.37. The van der Waals surface area contributed by atoms with E-state index in [1.54, 1.807) is 12.2 Å². The zero-order chi connectivity index (χ0) is 18.6. The molecule has 0 aromatic carbocycles. The smallest absolute Gasteiger partial charge is 0.328 e. The molecule has 1 unspecified atom stereocenters. The maximum atomic E-state index is 10.3. The first-order valence-corrected chi connectivity index (χ1v) is 11.5. The molecule has 0 aliphatic heterocycles. The summed E-state index contributed by atoms with van der Waals surface area (Å²) in [5.41, 5.74) is 0. The van der Waals surface area contributed by atoms with Gasteiger partial charge in [0.25, 0.3) is 0 Å². The minimum atomic E-state index is -1.70. The Balaban J connectivity index is 3.99. The van der Waals surface area contributed by atoms with Gasteiger partial charge in [0.05, 0.1) is 6.10 Å². The molecule has 0 radical (unpaired) electrons. The number of carboxylic acids is 1. The molecule has 0 amide bonds. The molecule has 0 bridgehead atoms. The van der Waals surface area contributed by atoms with E-state index in [1.807, 2.05) is 6.08 Å². The molecule has 1 N–H and O–H groups in total. The molecule has 0 aliphatic carbocycles. The van der Waals surface area contributed by atoms with Crippen molar-refractivity contribution in [2.24, 2.45) is 0 Å². The number of allylic oxidation sites excluding steroid dienone is 6. The van der Waals surface area contributed by atoms with Gasteiger partial charge in [0.1, 0.15) is 0 Å². The van der Waals surface area contributed by atoms with E-state index in [2.05, 4.69) is 65.1 Å². The van der Waals surface area contributed by atoms with E-state index in [-0.39, 0.29) is 11.1 Å². The second-order valence-electron chi connectivity index (χ2n) is 7.45. The Morgan fingerprint density at radius 3 is 2.12 bits per heavy atom. The number of hydrogen-bond acceptors (Lipinski definition) is 2. The number of carboxylic acid groups (broad SMARTS) is 1. The zero-order valence-electron chi connectivity index (χ0n) is 16.1. The minimum absolute atomic E-state index is 0.138. The topological polar surface area (TPSA) is 46.5 Å². The molecule has 4 heteroatoms. The van der Waals surface area contributed by atoms with Crippen LogP contribution in [0.15, 0.2) is 48.6 Å². The Morgan fingerprint density at radius 2 is 1.62 bits per heavy atom. The van der Waals surface area contributed by atoms with Crippen LogP contribution in [0, 0.1) is 0 Å². The summed E-state index contributed by atoms with van der Waals surface area (Å²) in [5.74, 6) is -0.916. The van der Waals surface area contributed by atoms with Crippen molar-refractivity contribution < 1.29 is 14.3 Å². The Kier molecular flexibility index (Phi) is 10.6. The fourth-order valence-corrected chi connectivity index (χ4v) is 3.10. The predicted octanol–water partition coefficient (Wildman–Crippen LogP) is 5.88. The van der Waals surface area contributed by atoms with Crippen LogP contribution in [0.5, 0.6) is 0 Å². The molecule has 0 aromatic heterocycles. The molecule has 0 heterocycles. The molecule has 1 atom stereocenters. The first kappa shape index (κ1) is 22.6. The van der Waals surface area contributed by atoms with E-state index in [0.29, 0.717) is 0 Å². The molecule has 0 aliphatic rings. The van der Waals surface area contributed by atoms with Gasteiger partial charge in [0.2, 0.25) is 0 Å². The van der Waals surface area contributed by atoms with Gasteiger partial charge in [0, 0.05) is 6.08 Å². The van der Waals surface area contributed by atoms with Crippen molar-refractivity contribution in [2.45, 2.75) is 71.2 Å². The highest BCUT2D eigenvalue weighted by atomic mass is 28.4. The normalized spacial score (nSPS) is 15.2. The van der Waals surface area contributed by atoms with Crippen LogP contribution in [0.2, 0.25) is 18.1 Å². The van der Waals surface area contributed by atoms with Crippen LogP contribution in [-0.4, -0.2) is 25.5 Å². The number of hydrogen-bond donors (Lipinski definition) is 1. The van der Waals surface area contributed by atoms with Crippen LogP contribution in [-0.2, 0) is 9.22 Å². The molecule has 3 nitrogen and oxygen atoms in total. The molecule has 0 aromatic rings. The fraction of sp³-hybridized carbons (Fsp3) is 0.550. The Hall–Kier alpha value is -1.39. The summed E-state index contributed by atoms with van der Waals surface area (Å²) in [6.07, 6.45) is 18.0. The SMILES string of the molecule is CC(/C=C/C=C/CCC/C=C/C=C/C(=O)O)O[Si](C)(C)C(C)(C)C. The van der Waals surface area contributed by atoms with Crippen molar-refractivity contribution in [1.29, 1.82) is 0 Å². The summed E-state index contributed by atoms with van der Waals surface area (Å²) in [5, 5.41) is 8.67. The number of aliphatic carboxylic acids is 1. The van der Waals surface area contributed by atoms with Gasteiger partial charge < -0.3 is 9.53 Å². The van der Waals surface area contributed by atoms with Gasteiger partial charge in [0.15, 0.2) is 8.32 Å². The van der Waals surface area contributed by atoms with Crippen LogP contribution >= 0.6 is 0 Å². The molecule has 0 rings (SSSR count). The first-order valence-electron chi connectivity index (χ1n) is 8.63. The average Bonchev–Trinajstić information content (AvgIpc) is 2.42. The van der Waals surface area contributed by atoms with Gasteiger partial charge in [-0.05, 0) is 44.3 Å². The van der Waals surface area contributed by atoms with Gasteiger partial charge in [-0.3, -0.25) is 0 Å². The Labute approximate surface area is 148 Å². The Bertz CT molecular complexity index is 480. The molecule has 24 heavy (non-hydrogen) atoms. The van der Waals surface area contributed by atoms with Crippen molar-refractivity contribution in [2.75, 3.05) is 0 Å². The molecular weight excluding hydrogens is 316 g/mol. The van der Waals surface area contributed by atoms with Gasteiger partial charge in [-0.25, -0.2) is 4.79 Å². The standard InChI is InChI=1S/C20H34O3Si/c1-18(23-24(5,6)20(2,3)4)16-14-12-10-8-7-9-11-13-15-17-19(21)22/h10-18H,7-9H2,1-6H3,(H,21,22)/b12-10+,13-11+,16-14+,17-15+. The number of rotatable bonds is 10. The quantitative estimate of drug-likeness (QED) is 0.232. The van der Waals surface area contributed by atoms with E-state index in [0.717, 1.165) is 25.3 Å². The fourth-order valence-electron chi connectivity index (χ4n) is 1.74. The van der Waals surface area contributed by atoms with E-state index in [1.165, 1.54) is 0 Å². The largest absolute Gasteiger partial charge is 0.478 e. The summed E-state index contributed by atoms with van der Waals surface area (Å²) in [4.78, 5) is 10.3. The highest BCUT2D eigenvalue weighted by Gasteiger charge is 2.37. The van der Waals surface area contributed by atoms with Crippen LogP contribution < -0.4 is 0 Å². The van der Waals surface area contributed by atoms with Crippen molar-refractivity contribution in [1.82, 2.24) is 0 Å². The van der Waals surface area contributed by atoms with Crippen molar-refractivity contribution in [3.05, 3.63) is 48.6 Å². The van der Waals surface area contributed by atoms with E-state index in [4.69, 9.17) is 9.53 Å². The maximum absolute atomic E-state index is 10.3. The highest BCUT2D eigenvalue weighted by molar-refractivity contribution is 6.74. The number of carbonyl (C=O) groups is 1. The summed E-state index contributed by atoms with van der Waals surface area (Å²) >= 11 is 0. The monoisotopic (exact) mass is 350 g/mol. The molecule has 0 spiro atoms. The van der Waals surface area contributed by atoms with Crippen molar-refractivity contribution in [3.63, 3.8) is 0 Å². The van der Waals surface area contributed by atoms with Crippen molar-refractivity contribution in [3.8, 4) is 0 Å². The number of unbranched alkanes of at least 4 members (excludes halogenated alkanes) is 2.